The van der Waals surface area contributed by atoms with Crippen molar-refractivity contribution in [3.8, 4) is 0 Å². The second-order valence-electron chi connectivity index (χ2n) is 9.38. The summed E-state index contributed by atoms with van der Waals surface area (Å²) >= 11 is 1.43. The van der Waals surface area contributed by atoms with Crippen molar-refractivity contribution in [3.63, 3.8) is 0 Å². The van der Waals surface area contributed by atoms with Crippen molar-refractivity contribution in [2.45, 2.75) is 42.3 Å². The molecular weight excluding hydrogens is 480 g/mol. The molecule has 0 saturated carbocycles. The molecule has 3 N–H and O–H groups in total. The number of rotatable bonds is 6. The van der Waals surface area contributed by atoms with Gasteiger partial charge in [-0.3, -0.25) is 9.89 Å². The number of nitrogens with zero attached hydrogens (tertiary/aromatic N) is 5. The minimum Gasteiger partial charge on any atom is -0.444 e. The first-order valence-electron chi connectivity index (χ1n) is 11.4. The number of ether oxygens (including phenoxy) is 1. The quantitative estimate of drug-likeness (QED) is 0.361. The number of amides is 2. The van der Waals surface area contributed by atoms with Gasteiger partial charge < -0.3 is 20.3 Å². The first-order valence-corrected chi connectivity index (χ1v) is 12.2. The van der Waals surface area contributed by atoms with Crippen LogP contribution >= 0.6 is 11.8 Å². The minimum absolute atomic E-state index is 0.102. The zero-order chi connectivity index (χ0) is 25.3. The molecule has 36 heavy (non-hydrogen) atoms. The van der Waals surface area contributed by atoms with E-state index in [4.69, 9.17) is 4.74 Å². The lowest BCUT2D eigenvalue weighted by Crippen LogP contribution is -2.61. The van der Waals surface area contributed by atoms with E-state index in [2.05, 4.69) is 30.9 Å². The van der Waals surface area contributed by atoms with Crippen molar-refractivity contribution in [1.29, 1.82) is 0 Å². The summed E-state index contributed by atoms with van der Waals surface area (Å²) in [6, 6.07) is 12.9. The molecule has 0 spiro atoms. The van der Waals surface area contributed by atoms with Crippen molar-refractivity contribution in [3.05, 3.63) is 60.6 Å². The van der Waals surface area contributed by atoms with E-state index in [-0.39, 0.29) is 18.0 Å². The van der Waals surface area contributed by atoms with E-state index in [1.165, 1.54) is 18.1 Å². The van der Waals surface area contributed by atoms with Crippen LogP contribution in [0.1, 0.15) is 31.1 Å². The number of nitrogens with one attached hydrogen (secondary N) is 3. The Hall–Kier alpha value is -4.06. The number of carbonyl (C=O) groups excluding carboxylic acids is 2. The summed E-state index contributed by atoms with van der Waals surface area (Å²) < 4.78 is 7.09. The molecule has 4 aromatic rings. The molecule has 1 aliphatic rings. The van der Waals surface area contributed by atoms with Gasteiger partial charge in [0.15, 0.2) is 5.82 Å². The van der Waals surface area contributed by atoms with Gasteiger partial charge in [0.05, 0.1) is 6.04 Å². The van der Waals surface area contributed by atoms with E-state index in [9.17, 15) is 9.59 Å². The Bertz CT molecular complexity index is 1400. The van der Waals surface area contributed by atoms with E-state index in [1.807, 2.05) is 63.4 Å². The zero-order valence-corrected chi connectivity index (χ0v) is 20.9. The molecule has 2 amide bonds. The second kappa shape index (κ2) is 9.53. The first kappa shape index (κ1) is 23.7. The highest BCUT2D eigenvalue weighted by Crippen LogP contribution is 2.29. The average Bonchev–Trinajstić information content (AvgIpc) is 3.44. The van der Waals surface area contributed by atoms with Crippen LogP contribution in [0.4, 0.5) is 16.4 Å². The average molecular weight is 507 g/mol. The zero-order valence-electron chi connectivity index (χ0n) is 20.1. The second-order valence-corrected chi connectivity index (χ2v) is 10.5. The number of benzene rings is 1. The maximum atomic E-state index is 12.7. The fraction of sp³-hybridized carbons (Fsp3) is 0.292. The molecule has 0 radical (unpaired) electrons. The lowest BCUT2D eigenvalue weighted by molar-refractivity contribution is 0.00533. The third-order valence-corrected chi connectivity index (χ3v) is 6.24. The standard InChI is InChI=1S/C24H26N8O3S/c1-24(2,3)35-23(34)31-12-16(13-31)27-22(33)15-6-4-7-17(10-15)36-20-11-19(29-30-20)28-21-18-8-5-9-32(18)26-14-25-21/h4-11,14,16H,12-13H2,1-3H3,(H,27,33)(H2,25,26,28,29,30). The van der Waals surface area contributed by atoms with Gasteiger partial charge in [0.2, 0.25) is 0 Å². The van der Waals surface area contributed by atoms with Crippen LogP contribution in [0.25, 0.3) is 5.52 Å². The van der Waals surface area contributed by atoms with E-state index in [0.29, 0.717) is 30.3 Å². The number of likely N-dealkylation sites (tertiary alicyclic amines) is 1. The van der Waals surface area contributed by atoms with Gasteiger partial charge >= 0.3 is 6.09 Å². The van der Waals surface area contributed by atoms with Crippen LogP contribution in [0.3, 0.4) is 0 Å². The highest BCUT2D eigenvalue weighted by molar-refractivity contribution is 7.99. The molecule has 4 heterocycles. The number of aromatic nitrogens is 5. The number of hydrogen-bond acceptors (Lipinski definition) is 8. The predicted molar refractivity (Wildman–Crippen MR) is 134 cm³/mol. The highest BCUT2D eigenvalue weighted by atomic mass is 32.2. The van der Waals surface area contributed by atoms with E-state index < -0.39 is 5.60 Å². The summed E-state index contributed by atoms with van der Waals surface area (Å²) in [5.41, 5.74) is 0.849. The van der Waals surface area contributed by atoms with Gasteiger partial charge in [0.1, 0.15) is 28.3 Å². The van der Waals surface area contributed by atoms with Crippen molar-refractivity contribution < 1.29 is 14.3 Å². The molecule has 186 valence electrons. The third kappa shape index (κ3) is 5.43. The molecule has 1 fully saturated rings. The molecule has 3 aromatic heterocycles. The van der Waals surface area contributed by atoms with Gasteiger partial charge in [0, 0.05) is 35.8 Å². The molecule has 0 atom stereocenters. The molecule has 1 saturated heterocycles. The molecule has 1 aliphatic heterocycles. The number of H-pyrrole nitrogens is 1. The van der Waals surface area contributed by atoms with E-state index in [0.717, 1.165) is 15.4 Å². The topological polar surface area (TPSA) is 130 Å². The maximum Gasteiger partial charge on any atom is 0.410 e. The summed E-state index contributed by atoms with van der Waals surface area (Å²) in [5, 5.41) is 18.4. The molecule has 0 unspecified atom stereocenters. The molecule has 1 aromatic carbocycles. The summed E-state index contributed by atoms with van der Waals surface area (Å²) in [6.07, 6.45) is 2.97. The Labute approximate surface area is 211 Å². The molecule has 12 heteroatoms. The van der Waals surface area contributed by atoms with Crippen molar-refractivity contribution in [2.24, 2.45) is 0 Å². The Morgan fingerprint density at radius 3 is 2.81 bits per heavy atom. The van der Waals surface area contributed by atoms with Crippen molar-refractivity contribution in [1.82, 2.24) is 35.0 Å². The predicted octanol–water partition coefficient (Wildman–Crippen LogP) is 3.70. The van der Waals surface area contributed by atoms with Crippen LogP contribution in [0.2, 0.25) is 0 Å². The molecular formula is C24H26N8O3S. The van der Waals surface area contributed by atoms with Crippen molar-refractivity contribution in [2.75, 3.05) is 18.4 Å². The largest absolute Gasteiger partial charge is 0.444 e. The summed E-state index contributed by atoms with van der Waals surface area (Å²) in [4.78, 5) is 31.6. The Kier molecular flexibility index (Phi) is 6.27. The fourth-order valence-corrected chi connectivity index (χ4v) is 4.49. The smallest absolute Gasteiger partial charge is 0.410 e. The van der Waals surface area contributed by atoms with Crippen LogP contribution in [-0.2, 0) is 4.74 Å². The van der Waals surface area contributed by atoms with Gasteiger partial charge in [-0.25, -0.2) is 14.3 Å². The SMILES string of the molecule is CC(C)(C)OC(=O)N1CC(NC(=O)c2cccc(Sc3cc(Nc4ncnn5cccc45)[nH]n3)c2)C1. The number of fused-ring (bicyclic) bond motifs is 1. The van der Waals surface area contributed by atoms with Crippen LogP contribution in [0, 0.1) is 0 Å². The van der Waals surface area contributed by atoms with Gasteiger partial charge in [-0.05, 0) is 51.1 Å². The van der Waals surface area contributed by atoms with Crippen LogP contribution in [-0.4, -0.2) is 66.4 Å². The van der Waals surface area contributed by atoms with Crippen molar-refractivity contribution >= 4 is 40.9 Å². The highest BCUT2D eigenvalue weighted by Gasteiger charge is 2.34. The molecule has 11 nitrogen and oxygen atoms in total. The van der Waals surface area contributed by atoms with Gasteiger partial charge in [-0.2, -0.15) is 10.2 Å². The Morgan fingerprint density at radius 1 is 1.17 bits per heavy atom. The maximum absolute atomic E-state index is 12.7. The van der Waals surface area contributed by atoms with Gasteiger partial charge in [-0.1, -0.05) is 17.8 Å². The summed E-state index contributed by atoms with van der Waals surface area (Å²) in [5.74, 6) is 1.17. The third-order valence-electron chi connectivity index (χ3n) is 5.33. The summed E-state index contributed by atoms with van der Waals surface area (Å²) in [7, 11) is 0. The van der Waals surface area contributed by atoms with Crippen LogP contribution in [0.5, 0.6) is 0 Å². The Balaban J connectivity index is 1.16. The van der Waals surface area contributed by atoms with E-state index >= 15 is 0 Å². The summed E-state index contributed by atoms with van der Waals surface area (Å²) in [6.45, 7) is 6.34. The monoisotopic (exact) mass is 506 g/mol. The lowest BCUT2D eigenvalue weighted by atomic mass is 10.1. The Morgan fingerprint density at radius 2 is 2.00 bits per heavy atom. The fourth-order valence-electron chi connectivity index (χ4n) is 3.65. The molecule has 5 rings (SSSR count). The van der Waals surface area contributed by atoms with E-state index in [1.54, 1.807) is 15.5 Å². The number of aromatic amines is 1. The lowest BCUT2D eigenvalue weighted by Gasteiger charge is -2.39. The van der Waals surface area contributed by atoms with Crippen LogP contribution in [0.15, 0.2) is 64.9 Å². The number of anilines is 2. The van der Waals surface area contributed by atoms with Gasteiger partial charge in [0.25, 0.3) is 5.91 Å². The molecule has 0 aliphatic carbocycles. The minimum atomic E-state index is -0.542. The van der Waals surface area contributed by atoms with Gasteiger partial charge in [-0.15, -0.1) is 0 Å². The number of carbonyl (C=O) groups is 2. The molecule has 0 bridgehead atoms. The number of hydrogen-bond donors (Lipinski definition) is 3. The first-order chi connectivity index (χ1) is 17.2. The normalized spacial score (nSPS) is 13.9. The van der Waals surface area contributed by atoms with Crippen LogP contribution < -0.4 is 10.6 Å².